The first kappa shape index (κ1) is 48.8. The fourth-order valence-electron chi connectivity index (χ4n) is 8.79. The smallest absolute Gasteiger partial charge is 0.203 e. The van der Waals surface area contributed by atoms with Gasteiger partial charge in [-0.05, 0) is 156 Å². The zero-order chi connectivity index (χ0) is 47.0. The zero-order valence-corrected chi connectivity index (χ0v) is 40.3. The van der Waals surface area contributed by atoms with Gasteiger partial charge in [-0.1, -0.05) is 48.5 Å². The second-order valence-electron chi connectivity index (χ2n) is 16.4. The second-order valence-corrected chi connectivity index (χ2v) is 16.4. The van der Waals surface area contributed by atoms with E-state index >= 15 is 0 Å². The summed E-state index contributed by atoms with van der Waals surface area (Å²) in [5.41, 5.74) is 9.61. The summed E-state index contributed by atoms with van der Waals surface area (Å²) in [7, 11) is 16.6. The molecule has 2 atom stereocenters. The number of benzene rings is 6. The van der Waals surface area contributed by atoms with Gasteiger partial charge in [0.2, 0.25) is 11.5 Å². The van der Waals surface area contributed by atoms with Gasteiger partial charge in [-0.25, -0.2) is 0 Å². The molecule has 0 saturated carbocycles. The molecule has 0 amide bonds. The number of hydrogen-bond donors (Lipinski definition) is 0. The number of hydrogen-bond acceptors (Lipinski definition) is 10. The van der Waals surface area contributed by atoms with Gasteiger partial charge in [0.25, 0.3) is 0 Å². The van der Waals surface area contributed by atoms with Gasteiger partial charge < -0.3 is 47.4 Å². The van der Waals surface area contributed by atoms with Crippen LogP contribution in [0.4, 0.5) is 0 Å². The van der Waals surface area contributed by atoms with Crippen LogP contribution in [0.25, 0.3) is 0 Å². The lowest BCUT2D eigenvalue weighted by Gasteiger charge is -2.29. The summed E-state index contributed by atoms with van der Waals surface area (Å²) in [5, 5.41) is 0. The molecule has 350 valence electrons. The predicted octanol–water partition coefficient (Wildman–Crippen LogP) is 11.2. The van der Waals surface area contributed by atoms with Crippen LogP contribution in [0.5, 0.6) is 57.5 Å². The Hall–Kier alpha value is -6.68. The van der Waals surface area contributed by atoms with Crippen molar-refractivity contribution >= 4 is 0 Å². The molecule has 0 unspecified atom stereocenters. The van der Waals surface area contributed by atoms with Crippen LogP contribution in [0.1, 0.15) is 56.8 Å². The van der Waals surface area contributed by atoms with Gasteiger partial charge >= 0.3 is 0 Å². The maximum atomic E-state index is 5.85. The van der Waals surface area contributed by atoms with Gasteiger partial charge in [0.1, 0.15) is 23.0 Å². The summed E-state index contributed by atoms with van der Waals surface area (Å²) in [6.07, 6.45) is 6.81. The van der Waals surface area contributed by atoms with E-state index in [0.29, 0.717) is 34.5 Å². The van der Waals surface area contributed by atoms with Crippen molar-refractivity contribution < 1.29 is 47.4 Å². The highest BCUT2D eigenvalue weighted by Crippen LogP contribution is 2.41. The quantitative estimate of drug-likeness (QED) is 0.0553. The van der Waals surface area contributed by atoms with E-state index in [1.54, 1.807) is 71.1 Å². The Balaban J connectivity index is 1.29. The lowest BCUT2D eigenvalue weighted by Crippen LogP contribution is -2.20. The minimum absolute atomic E-state index is 0.117. The molecule has 0 heterocycles. The average Bonchev–Trinajstić information content (AvgIpc) is 3.37. The average molecular weight is 899 g/mol. The molecule has 10 nitrogen and oxygen atoms in total. The van der Waals surface area contributed by atoms with Crippen LogP contribution in [0.15, 0.2) is 109 Å². The van der Waals surface area contributed by atoms with Crippen LogP contribution in [-0.2, 0) is 44.9 Å². The van der Waals surface area contributed by atoms with E-state index in [0.717, 1.165) is 91.1 Å². The van der Waals surface area contributed by atoms with Crippen LogP contribution >= 0.6 is 0 Å². The number of methoxy groups -OCH3 is 10. The Morgan fingerprint density at radius 1 is 0.303 bits per heavy atom. The lowest BCUT2D eigenvalue weighted by atomic mass is 9.75. The van der Waals surface area contributed by atoms with Crippen LogP contribution in [0.2, 0.25) is 0 Å². The molecule has 0 aliphatic rings. The Bertz CT molecular complexity index is 2370. The van der Waals surface area contributed by atoms with Gasteiger partial charge in [-0.15, -0.1) is 0 Å². The summed E-state index contributed by atoms with van der Waals surface area (Å²) in [5.74, 6) is 7.27. The van der Waals surface area contributed by atoms with E-state index in [9.17, 15) is 0 Å². The molecule has 6 rings (SSSR count). The normalized spacial score (nSPS) is 11.8. The molecular formula is C56H66O10. The molecule has 0 aliphatic carbocycles. The lowest BCUT2D eigenvalue weighted by molar-refractivity contribution is 0.324. The summed E-state index contributed by atoms with van der Waals surface area (Å²) in [6, 6.07) is 38.7. The molecule has 10 heteroatoms. The highest BCUT2D eigenvalue weighted by Gasteiger charge is 2.26. The van der Waals surface area contributed by atoms with Gasteiger partial charge in [0.15, 0.2) is 23.0 Å². The molecule has 0 aliphatic heterocycles. The SMILES string of the molecule is COc1cc(CC[C@@H](Cc2ccc(CCc3cc(OC)c(OC)c(OC)c3)cc2)[C@H](Cc2ccc(CCc3cc(OC)c(OC)c(OC)c3)cc2)c2cc(OC)cc(OC)c2)cc(OC)c1. The molecule has 0 fully saturated rings. The van der Waals surface area contributed by atoms with Crippen molar-refractivity contribution in [2.24, 2.45) is 5.92 Å². The third-order valence-electron chi connectivity index (χ3n) is 12.4. The maximum Gasteiger partial charge on any atom is 0.203 e. The van der Waals surface area contributed by atoms with Crippen LogP contribution in [0.3, 0.4) is 0 Å². The Morgan fingerprint density at radius 3 is 1.00 bits per heavy atom. The minimum Gasteiger partial charge on any atom is -0.497 e. The van der Waals surface area contributed by atoms with Crippen LogP contribution in [-0.4, -0.2) is 71.1 Å². The van der Waals surface area contributed by atoms with Gasteiger partial charge in [0, 0.05) is 12.1 Å². The van der Waals surface area contributed by atoms with E-state index in [4.69, 9.17) is 47.4 Å². The highest BCUT2D eigenvalue weighted by molar-refractivity contribution is 5.55. The van der Waals surface area contributed by atoms with Gasteiger partial charge in [0.05, 0.1) is 71.1 Å². The summed E-state index contributed by atoms with van der Waals surface area (Å²) < 4.78 is 56.6. The predicted molar refractivity (Wildman–Crippen MR) is 261 cm³/mol. The van der Waals surface area contributed by atoms with Crippen molar-refractivity contribution in [2.75, 3.05) is 71.1 Å². The molecule has 6 aromatic carbocycles. The molecule has 0 N–H and O–H groups in total. The molecular weight excluding hydrogens is 833 g/mol. The van der Waals surface area contributed by atoms with Crippen molar-refractivity contribution in [3.05, 3.63) is 154 Å². The van der Waals surface area contributed by atoms with Crippen molar-refractivity contribution in [3.8, 4) is 57.5 Å². The molecule has 0 radical (unpaired) electrons. The minimum atomic E-state index is 0.117. The van der Waals surface area contributed by atoms with E-state index in [1.807, 2.05) is 36.4 Å². The standard InChI is InChI=1S/C56H66O10/c1-57-46-26-41(27-47(35-46)58-2)23-24-44(25-39-17-11-37(12-18-39)15-21-42-29-51(61-5)55(65-9)52(30-42)62-6)50(45-33-48(59-3)36-49(34-45)60-4)28-40-19-13-38(14-20-40)16-22-43-31-53(63-7)56(66-10)54(32-43)64-8/h11-14,17-20,26-27,29-36,44,50H,15-16,21-25,28H2,1-10H3/t44-,50-/m0/s1. The summed E-state index contributed by atoms with van der Waals surface area (Å²) in [4.78, 5) is 0. The van der Waals surface area contributed by atoms with Gasteiger partial charge in [-0.3, -0.25) is 0 Å². The number of aryl methyl sites for hydroxylation is 5. The maximum absolute atomic E-state index is 5.85. The molecule has 0 saturated heterocycles. The fourth-order valence-corrected chi connectivity index (χ4v) is 8.79. The topological polar surface area (TPSA) is 92.3 Å². The Morgan fingerprint density at radius 2 is 0.636 bits per heavy atom. The number of ether oxygens (including phenoxy) is 10. The molecule has 6 aromatic rings. The van der Waals surface area contributed by atoms with E-state index in [-0.39, 0.29) is 11.8 Å². The van der Waals surface area contributed by atoms with Gasteiger partial charge in [-0.2, -0.15) is 0 Å². The first-order valence-electron chi connectivity index (χ1n) is 22.4. The molecule has 0 bridgehead atoms. The third kappa shape index (κ3) is 12.6. The van der Waals surface area contributed by atoms with E-state index in [1.165, 1.54) is 27.8 Å². The number of rotatable bonds is 25. The van der Waals surface area contributed by atoms with E-state index in [2.05, 4.69) is 72.8 Å². The largest absolute Gasteiger partial charge is 0.497 e. The monoisotopic (exact) mass is 898 g/mol. The second kappa shape index (κ2) is 24.0. The highest BCUT2D eigenvalue weighted by atomic mass is 16.5. The van der Waals surface area contributed by atoms with Crippen LogP contribution in [0, 0.1) is 5.92 Å². The van der Waals surface area contributed by atoms with Crippen LogP contribution < -0.4 is 47.4 Å². The van der Waals surface area contributed by atoms with Crippen molar-refractivity contribution in [2.45, 2.75) is 57.3 Å². The van der Waals surface area contributed by atoms with E-state index < -0.39 is 0 Å². The molecule has 0 spiro atoms. The summed E-state index contributed by atoms with van der Waals surface area (Å²) in [6.45, 7) is 0. The third-order valence-corrected chi connectivity index (χ3v) is 12.4. The first-order valence-corrected chi connectivity index (χ1v) is 22.4. The summed E-state index contributed by atoms with van der Waals surface area (Å²) >= 11 is 0. The zero-order valence-electron chi connectivity index (χ0n) is 40.3. The Kier molecular flexibility index (Phi) is 17.7. The first-order chi connectivity index (χ1) is 32.2. The molecule has 66 heavy (non-hydrogen) atoms. The molecule has 0 aromatic heterocycles. The van der Waals surface area contributed by atoms with Crippen molar-refractivity contribution in [1.29, 1.82) is 0 Å². The fraction of sp³-hybridized carbons (Fsp3) is 0.357. The Labute approximate surface area is 391 Å². The van der Waals surface area contributed by atoms with Crippen molar-refractivity contribution in [1.82, 2.24) is 0 Å². The van der Waals surface area contributed by atoms with Crippen molar-refractivity contribution in [3.63, 3.8) is 0 Å².